The number of hydrogen-bond donors (Lipinski definition) is 1. The van der Waals surface area contributed by atoms with Gasteiger partial charge in [-0.2, -0.15) is 0 Å². The van der Waals surface area contributed by atoms with Crippen LogP contribution in [0.1, 0.15) is 16.7 Å². The van der Waals surface area contributed by atoms with Crippen LogP contribution in [0.2, 0.25) is 10.0 Å². The first-order valence-electron chi connectivity index (χ1n) is 10.7. The zero-order chi connectivity index (χ0) is 24.5. The molecule has 0 fully saturated rings. The summed E-state index contributed by atoms with van der Waals surface area (Å²) in [4.78, 5) is 27.9. The van der Waals surface area contributed by atoms with Crippen LogP contribution >= 0.6 is 35.0 Å². The monoisotopic (exact) mass is 518 g/mol. The second-order valence-electron chi connectivity index (χ2n) is 7.63. The second-order valence-corrected chi connectivity index (χ2v) is 9.43. The molecule has 34 heavy (non-hydrogen) atoms. The maximum atomic E-state index is 14.1. The molecule has 3 aromatic carbocycles. The molecule has 3 aromatic rings. The fraction of sp³-hybridized carbons (Fsp3) is 0.231. The van der Waals surface area contributed by atoms with Gasteiger partial charge in [0.2, 0.25) is 11.8 Å². The number of benzene rings is 3. The van der Waals surface area contributed by atoms with E-state index in [-0.39, 0.29) is 29.9 Å². The molecule has 0 bridgehead atoms. The lowest BCUT2D eigenvalue weighted by Gasteiger charge is -2.31. The van der Waals surface area contributed by atoms with Gasteiger partial charge in [-0.25, -0.2) is 4.39 Å². The van der Waals surface area contributed by atoms with Gasteiger partial charge >= 0.3 is 0 Å². The van der Waals surface area contributed by atoms with Crippen LogP contribution < -0.4 is 5.32 Å². The fourth-order valence-corrected chi connectivity index (χ4v) is 4.97. The summed E-state index contributed by atoms with van der Waals surface area (Å²) < 4.78 is 14.1. The van der Waals surface area contributed by atoms with Gasteiger partial charge in [0.05, 0.1) is 5.75 Å². The highest BCUT2D eigenvalue weighted by Crippen LogP contribution is 2.25. The predicted molar refractivity (Wildman–Crippen MR) is 138 cm³/mol. The Morgan fingerprint density at radius 1 is 0.971 bits per heavy atom. The van der Waals surface area contributed by atoms with Gasteiger partial charge in [-0.1, -0.05) is 77.8 Å². The summed E-state index contributed by atoms with van der Waals surface area (Å²) in [6.45, 7) is 0.171. The van der Waals surface area contributed by atoms with Gasteiger partial charge in [0.1, 0.15) is 11.9 Å². The molecule has 4 nitrogen and oxygen atoms in total. The number of hydrogen-bond acceptors (Lipinski definition) is 3. The molecule has 1 atom stereocenters. The lowest BCUT2D eigenvalue weighted by molar-refractivity contribution is -0.139. The minimum Gasteiger partial charge on any atom is -0.357 e. The summed E-state index contributed by atoms with van der Waals surface area (Å²) in [6.07, 6.45) is 0.348. The molecule has 0 aliphatic rings. The van der Waals surface area contributed by atoms with Crippen molar-refractivity contribution in [3.8, 4) is 0 Å². The van der Waals surface area contributed by atoms with Gasteiger partial charge in [0.15, 0.2) is 0 Å². The quantitative estimate of drug-likeness (QED) is 0.371. The summed E-state index contributed by atoms with van der Waals surface area (Å²) in [7, 11) is 1.55. The van der Waals surface area contributed by atoms with Crippen LogP contribution in [0, 0.1) is 5.82 Å². The van der Waals surface area contributed by atoms with E-state index in [1.807, 2.05) is 48.5 Å². The molecule has 0 aliphatic heterocycles. The predicted octanol–water partition coefficient (Wildman–Crippen LogP) is 5.75. The Morgan fingerprint density at radius 2 is 1.65 bits per heavy atom. The molecule has 0 saturated carbocycles. The molecule has 2 amide bonds. The van der Waals surface area contributed by atoms with Crippen LogP contribution in [0.25, 0.3) is 0 Å². The number of rotatable bonds is 10. The number of halogens is 3. The van der Waals surface area contributed by atoms with Crippen molar-refractivity contribution in [1.29, 1.82) is 0 Å². The zero-order valence-corrected chi connectivity index (χ0v) is 21.0. The van der Waals surface area contributed by atoms with E-state index in [0.29, 0.717) is 22.0 Å². The highest BCUT2D eigenvalue weighted by Gasteiger charge is 2.30. The summed E-state index contributed by atoms with van der Waals surface area (Å²) in [5.74, 6) is -0.640. The van der Waals surface area contributed by atoms with Gasteiger partial charge in [0.25, 0.3) is 0 Å². The van der Waals surface area contributed by atoms with Crippen LogP contribution in [-0.2, 0) is 28.3 Å². The van der Waals surface area contributed by atoms with E-state index in [4.69, 9.17) is 23.2 Å². The van der Waals surface area contributed by atoms with Gasteiger partial charge in [-0.05, 0) is 29.3 Å². The smallest absolute Gasteiger partial charge is 0.242 e. The first-order chi connectivity index (χ1) is 16.4. The maximum Gasteiger partial charge on any atom is 0.242 e. The second kappa shape index (κ2) is 12.8. The SMILES string of the molecule is CNC(=O)[C@H](Cc1ccccc1)N(Cc1ccccc1Cl)C(=O)CSCc1c(F)cccc1Cl. The van der Waals surface area contributed by atoms with Crippen LogP contribution in [0.5, 0.6) is 0 Å². The standard InChI is InChI=1S/C26H25Cl2FN2O2S/c1-30-26(33)24(14-18-8-3-2-4-9-18)31(15-19-10-5-6-11-21(19)27)25(32)17-34-16-20-22(28)12-7-13-23(20)29/h2-13,24H,14-17H2,1H3,(H,30,33)/t24-/m0/s1. The van der Waals surface area contributed by atoms with E-state index in [0.717, 1.165) is 11.1 Å². The van der Waals surface area contributed by atoms with Crippen molar-refractivity contribution >= 4 is 46.8 Å². The Kier molecular flexibility index (Phi) is 9.81. The summed E-state index contributed by atoms with van der Waals surface area (Å²) >= 11 is 13.7. The fourth-order valence-electron chi connectivity index (χ4n) is 3.52. The van der Waals surface area contributed by atoms with Crippen LogP contribution in [0.15, 0.2) is 72.8 Å². The number of carbonyl (C=O) groups is 2. The lowest BCUT2D eigenvalue weighted by atomic mass is 10.0. The average Bonchev–Trinajstić information content (AvgIpc) is 2.84. The summed E-state index contributed by atoms with van der Waals surface area (Å²) in [5, 5.41) is 3.51. The van der Waals surface area contributed by atoms with Crippen molar-refractivity contribution in [3.63, 3.8) is 0 Å². The Bertz CT molecular complexity index is 1110. The Morgan fingerprint density at radius 3 is 2.32 bits per heavy atom. The first-order valence-corrected chi connectivity index (χ1v) is 12.6. The molecule has 0 radical (unpaired) electrons. The number of nitrogens with zero attached hydrogens (tertiary/aromatic N) is 1. The van der Waals surface area contributed by atoms with Crippen molar-refractivity contribution in [2.24, 2.45) is 0 Å². The molecule has 1 N–H and O–H groups in total. The average molecular weight is 519 g/mol. The van der Waals surface area contributed by atoms with Crippen molar-refractivity contribution < 1.29 is 14.0 Å². The van der Waals surface area contributed by atoms with E-state index in [2.05, 4.69) is 5.32 Å². The minimum atomic E-state index is -0.742. The van der Waals surface area contributed by atoms with Crippen molar-refractivity contribution in [2.75, 3.05) is 12.8 Å². The van der Waals surface area contributed by atoms with Gasteiger partial charge in [0, 0.05) is 41.4 Å². The Balaban J connectivity index is 1.84. The van der Waals surface area contributed by atoms with E-state index in [1.54, 1.807) is 30.1 Å². The first kappa shape index (κ1) is 26.1. The molecule has 0 spiro atoms. The lowest BCUT2D eigenvalue weighted by Crippen LogP contribution is -2.50. The third-order valence-electron chi connectivity index (χ3n) is 5.35. The van der Waals surface area contributed by atoms with E-state index >= 15 is 0 Å². The molecular weight excluding hydrogens is 494 g/mol. The Hall–Kier alpha value is -2.54. The molecule has 0 saturated heterocycles. The highest BCUT2D eigenvalue weighted by molar-refractivity contribution is 7.99. The molecule has 8 heteroatoms. The van der Waals surface area contributed by atoms with Crippen molar-refractivity contribution in [3.05, 3.63) is 105 Å². The molecule has 3 rings (SSSR count). The molecular formula is C26H25Cl2FN2O2S. The molecule has 178 valence electrons. The van der Waals surface area contributed by atoms with E-state index < -0.39 is 11.9 Å². The van der Waals surface area contributed by atoms with Crippen LogP contribution in [-0.4, -0.2) is 35.6 Å². The van der Waals surface area contributed by atoms with Gasteiger partial charge < -0.3 is 10.2 Å². The number of carbonyl (C=O) groups excluding carboxylic acids is 2. The van der Waals surface area contributed by atoms with E-state index in [9.17, 15) is 14.0 Å². The normalized spacial score (nSPS) is 11.6. The largest absolute Gasteiger partial charge is 0.357 e. The number of amides is 2. The number of nitrogens with one attached hydrogen (secondary N) is 1. The third kappa shape index (κ3) is 6.98. The summed E-state index contributed by atoms with van der Waals surface area (Å²) in [5.41, 5.74) is 2.02. The molecule has 0 aliphatic carbocycles. The number of thioether (sulfide) groups is 1. The van der Waals surface area contributed by atoms with Crippen LogP contribution in [0.3, 0.4) is 0 Å². The summed E-state index contributed by atoms with van der Waals surface area (Å²) in [6, 6.07) is 20.5. The number of likely N-dealkylation sites (N-methyl/N-ethyl adjacent to an activating group) is 1. The highest BCUT2D eigenvalue weighted by atomic mass is 35.5. The van der Waals surface area contributed by atoms with Crippen LogP contribution in [0.4, 0.5) is 4.39 Å². The molecule has 0 unspecified atom stereocenters. The molecule has 0 aromatic heterocycles. The topological polar surface area (TPSA) is 49.4 Å². The van der Waals surface area contributed by atoms with Gasteiger partial charge in [-0.3, -0.25) is 9.59 Å². The zero-order valence-electron chi connectivity index (χ0n) is 18.6. The third-order valence-corrected chi connectivity index (χ3v) is 7.02. The van der Waals surface area contributed by atoms with Crippen molar-refractivity contribution in [2.45, 2.75) is 24.8 Å². The minimum absolute atomic E-state index is 0.0530. The van der Waals surface area contributed by atoms with Crippen molar-refractivity contribution in [1.82, 2.24) is 10.2 Å². The Labute approximate surface area is 213 Å². The maximum absolute atomic E-state index is 14.1. The molecule has 0 heterocycles. The van der Waals surface area contributed by atoms with E-state index in [1.165, 1.54) is 17.8 Å². The van der Waals surface area contributed by atoms with Gasteiger partial charge in [-0.15, -0.1) is 11.8 Å².